The van der Waals surface area contributed by atoms with E-state index in [1.165, 1.54) is 12.1 Å². The predicted octanol–water partition coefficient (Wildman–Crippen LogP) is 4.20. The molecule has 0 radical (unpaired) electrons. The molecule has 1 N–H and O–H groups in total. The lowest BCUT2D eigenvalue weighted by atomic mass is 10.2. The zero-order chi connectivity index (χ0) is 12.3. The molecule has 0 aliphatic carbocycles. The Balaban J connectivity index is 2.35. The molecule has 0 fully saturated rings. The third-order valence-electron chi connectivity index (χ3n) is 2.25. The average Bonchev–Trinajstić information content (AvgIpc) is 2.33. The minimum absolute atomic E-state index is 0.309. The van der Waals surface area contributed by atoms with Crippen molar-refractivity contribution in [1.29, 1.82) is 5.26 Å². The van der Waals surface area contributed by atoms with Gasteiger partial charge in [0.05, 0.1) is 16.9 Å². The normalized spacial score (nSPS) is 9.71. The van der Waals surface area contributed by atoms with Crippen LogP contribution in [0.1, 0.15) is 5.56 Å². The van der Waals surface area contributed by atoms with Crippen molar-refractivity contribution in [3.05, 3.63) is 58.3 Å². The van der Waals surface area contributed by atoms with Crippen LogP contribution < -0.4 is 5.32 Å². The first-order chi connectivity index (χ1) is 8.20. The number of benzene rings is 2. The summed E-state index contributed by atoms with van der Waals surface area (Å²) in [4.78, 5) is 0. The second-order valence-corrected chi connectivity index (χ2v) is 4.26. The first kappa shape index (κ1) is 11.6. The van der Waals surface area contributed by atoms with Gasteiger partial charge in [0.2, 0.25) is 0 Å². The molecule has 2 aromatic rings. The molecule has 0 unspecified atom stereocenters. The van der Waals surface area contributed by atoms with Gasteiger partial charge in [-0.05, 0) is 46.3 Å². The third kappa shape index (κ3) is 2.63. The molecule has 0 aliphatic heterocycles. The summed E-state index contributed by atoms with van der Waals surface area (Å²) in [6.07, 6.45) is 0. The summed E-state index contributed by atoms with van der Waals surface area (Å²) in [5.74, 6) is -0.309. The van der Waals surface area contributed by atoms with Crippen LogP contribution in [0.25, 0.3) is 0 Å². The largest absolute Gasteiger partial charge is 0.354 e. The van der Waals surface area contributed by atoms with E-state index in [9.17, 15) is 4.39 Å². The second kappa shape index (κ2) is 4.98. The molecular weight excluding hydrogens is 283 g/mol. The zero-order valence-corrected chi connectivity index (χ0v) is 10.3. The first-order valence-electron chi connectivity index (χ1n) is 4.92. The van der Waals surface area contributed by atoms with Crippen molar-refractivity contribution in [1.82, 2.24) is 0 Å². The smallest absolute Gasteiger partial charge is 0.124 e. The standard InChI is InChI=1S/C13H8BrFN2/c14-11-7-10(15)5-6-13(11)17-12-4-2-1-3-9(12)8-16/h1-7,17H. The van der Waals surface area contributed by atoms with Gasteiger partial charge in [-0.2, -0.15) is 5.26 Å². The molecule has 0 spiro atoms. The molecule has 0 saturated heterocycles. The molecule has 0 amide bonds. The Bertz CT molecular complexity index is 590. The number of nitriles is 1. The SMILES string of the molecule is N#Cc1ccccc1Nc1ccc(F)cc1Br. The lowest BCUT2D eigenvalue weighted by Crippen LogP contribution is -1.94. The fraction of sp³-hybridized carbons (Fsp3) is 0. The topological polar surface area (TPSA) is 35.8 Å². The number of anilines is 2. The number of hydrogen-bond donors (Lipinski definition) is 1. The van der Waals surface area contributed by atoms with Crippen molar-refractivity contribution in [2.24, 2.45) is 0 Å². The van der Waals surface area contributed by atoms with Crippen LogP contribution in [0.5, 0.6) is 0 Å². The van der Waals surface area contributed by atoms with Crippen LogP contribution in [-0.4, -0.2) is 0 Å². The molecule has 0 aliphatic rings. The number of para-hydroxylation sites is 1. The molecule has 2 rings (SSSR count). The summed E-state index contributed by atoms with van der Waals surface area (Å²) in [7, 11) is 0. The van der Waals surface area contributed by atoms with Gasteiger partial charge in [-0.25, -0.2) is 4.39 Å². The Labute approximate surface area is 107 Å². The van der Waals surface area contributed by atoms with Crippen LogP contribution in [0, 0.1) is 17.1 Å². The van der Waals surface area contributed by atoms with Crippen LogP contribution in [0.15, 0.2) is 46.9 Å². The highest BCUT2D eigenvalue weighted by Gasteiger charge is 2.04. The second-order valence-electron chi connectivity index (χ2n) is 3.41. The van der Waals surface area contributed by atoms with Gasteiger partial charge >= 0.3 is 0 Å². The van der Waals surface area contributed by atoms with Crippen molar-refractivity contribution < 1.29 is 4.39 Å². The summed E-state index contributed by atoms with van der Waals surface area (Å²) in [6, 6.07) is 13.6. The number of halogens is 2. The van der Waals surface area contributed by atoms with Gasteiger partial charge in [0.1, 0.15) is 11.9 Å². The van der Waals surface area contributed by atoms with E-state index in [-0.39, 0.29) is 5.82 Å². The molecule has 2 nitrogen and oxygen atoms in total. The van der Waals surface area contributed by atoms with E-state index in [2.05, 4.69) is 27.3 Å². The Morgan fingerprint density at radius 3 is 2.59 bits per heavy atom. The maximum Gasteiger partial charge on any atom is 0.124 e. The summed E-state index contributed by atoms with van der Waals surface area (Å²) in [5, 5.41) is 12.0. The number of rotatable bonds is 2. The van der Waals surface area contributed by atoms with E-state index in [1.807, 2.05) is 6.07 Å². The molecule has 2 aromatic carbocycles. The van der Waals surface area contributed by atoms with Gasteiger partial charge < -0.3 is 5.32 Å². The van der Waals surface area contributed by atoms with Gasteiger partial charge in [0.25, 0.3) is 0 Å². The fourth-order valence-corrected chi connectivity index (χ4v) is 1.88. The maximum absolute atomic E-state index is 12.9. The van der Waals surface area contributed by atoms with Gasteiger partial charge in [0, 0.05) is 4.47 Å². The van der Waals surface area contributed by atoms with Crippen molar-refractivity contribution in [3.8, 4) is 6.07 Å². The van der Waals surface area contributed by atoms with E-state index >= 15 is 0 Å². The summed E-state index contributed by atoms with van der Waals surface area (Å²) in [6.45, 7) is 0. The summed E-state index contributed by atoms with van der Waals surface area (Å²) < 4.78 is 13.5. The van der Waals surface area contributed by atoms with Crippen LogP contribution >= 0.6 is 15.9 Å². The molecule has 4 heteroatoms. The van der Waals surface area contributed by atoms with Crippen molar-refractivity contribution in [3.63, 3.8) is 0 Å². The number of nitrogens with one attached hydrogen (secondary N) is 1. The predicted molar refractivity (Wildman–Crippen MR) is 68.5 cm³/mol. The highest BCUT2D eigenvalue weighted by Crippen LogP contribution is 2.27. The molecule has 84 valence electrons. The number of hydrogen-bond acceptors (Lipinski definition) is 2. The van der Waals surface area contributed by atoms with E-state index in [0.717, 1.165) is 0 Å². The Morgan fingerprint density at radius 1 is 1.12 bits per heavy atom. The van der Waals surface area contributed by atoms with Gasteiger partial charge in [-0.3, -0.25) is 0 Å². The number of nitrogens with zero attached hydrogens (tertiary/aromatic N) is 1. The molecule has 0 saturated carbocycles. The van der Waals surface area contributed by atoms with E-state index in [0.29, 0.717) is 21.4 Å². The lowest BCUT2D eigenvalue weighted by molar-refractivity contribution is 0.627. The molecule has 17 heavy (non-hydrogen) atoms. The summed E-state index contributed by atoms with van der Waals surface area (Å²) in [5.41, 5.74) is 1.96. The molecule has 0 aromatic heterocycles. The lowest BCUT2D eigenvalue weighted by Gasteiger charge is -2.09. The average molecular weight is 291 g/mol. The minimum atomic E-state index is -0.309. The zero-order valence-electron chi connectivity index (χ0n) is 8.74. The van der Waals surface area contributed by atoms with Gasteiger partial charge in [-0.1, -0.05) is 12.1 Å². The van der Waals surface area contributed by atoms with Crippen molar-refractivity contribution >= 4 is 27.3 Å². The highest BCUT2D eigenvalue weighted by molar-refractivity contribution is 9.10. The maximum atomic E-state index is 12.9. The van der Waals surface area contributed by atoms with Crippen LogP contribution in [0.3, 0.4) is 0 Å². The summed E-state index contributed by atoms with van der Waals surface area (Å²) >= 11 is 3.27. The Kier molecular flexibility index (Phi) is 3.40. The Hall–Kier alpha value is -1.86. The molecular formula is C13H8BrFN2. The first-order valence-corrected chi connectivity index (χ1v) is 5.71. The fourth-order valence-electron chi connectivity index (χ4n) is 1.43. The van der Waals surface area contributed by atoms with Crippen LogP contribution in [0.2, 0.25) is 0 Å². The van der Waals surface area contributed by atoms with Gasteiger partial charge in [0.15, 0.2) is 0 Å². The van der Waals surface area contributed by atoms with E-state index in [4.69, 9.17) is 5.26 Å². The Morgan fingerprint density at radius 2 is 1.88 bits per heavy atom. The van der Waals surface area contributed by atoms with Crippen molar-refractivity contribution in [2.45, 2.75) is 0 Å². The molecule has 0 atom stereocenters. The highest BCUT2D eigenvalue weighted by atomic mass is 79.9. The third-order valence-corrected chi connectivity index (χ3v) is 2.90. The molecule has 0 heterocycles. The van der Waals surface area contributed by atoms with Crippen molar-refractivity contribution in [2.75, 3.05) is 5.32 Å². The quantitative estimate of drug-likeness (QED) is 0.900. The minimum Gasteiger partial charge on any atom is -0.354 e. The molecule has 0 bridgehead atoms. The van der Waals surface area contributed by atoms with Crippen LogP contribution in [0.4, 0.5) is 15.8 Å². The van der Waals surface area contributed by atoms with E-state index < -0.39 is 0 Å². The van der Waals surface area contributed by atoms with Gasteiger partial charge in [-0.15, -0.1) is 0 Å². The monoisotopic (exact) mass is 290 g/mol. The van der Waals surface area contributed by atoms with Crippen LogP contribution in [-0.2, 0) is 0 Å². The van der Waals surface area contributed by atoms with E-state index in [1.54, 1.807) is 24.3 Å².